The zero-order valence-corrected chi connectivity index (χ0v) is 14.2. The van der Waals surface area contributed by atoms with Crippen LogP contribution in [0, 0.1) is 17.6 Å². The number of hydrogen-bond donors (Lipinski definition) is 1. The predicted octanol–water partition coefficient (Wildman–Crippen LogP) is 3.86. The van der Waals surface area contributed by atoms with Crippen LogP contribution in [-0.2, 0) is 11.2 Å². The van der Waals surface area contributed by atoms with Crippen LogP contribution in [0.25, 0.3) is 0 Å². The molecule has 2 aromatic carbocycles. The van der Waals surface area contributed by atoms with Crippen LogP contribution in [0.1, 0.15) is 18.9 Å². The van der Waals surface area contributed by atoms with Gasteiger partial charge in [-0.1, -0.05) is 18.2 Å². The Morgan fingerprint density at radius 1 is 1.20 bits per heavy atom. The summed E-state index contributed by atoms with van der Waals surface area (Å²) in [6.45, 7) is 3.55. The van der Waals surface area contributed by atoms with E-state index < -0.39 is 0 Å². The Kier molecular flexibility index (Phi) is 5.43. The van der Waals surface area contributed by atoms with Crippen LogP contribution < -0.4 is 5.32 Å². The van der Waals surface area contributed by atoms with E-state index in [1.807, 2.05) is 19.1 Å². The minimum absolute atomic E-state index is 0.131. The molecule has 1 saturated heterocycles. The van der Waals surface area contributed by atoms with Crippen molar-refractivity contribution in [3.05, 3.63) is 65.7 Å². The molecule has 0 saturated carbocycles. The highest BCUT2D eigenvalue weighted by molar-refractivity contribution is 5.94. The molecule has 0 bridgehead atoms. The van der Waals surface area contributed by atoms with E-state index >= 15 is 0 Å². The largest absolute Gasteiger partial charge is 0.325 e. The topological polar surface area (TPSA) is 32.3 Å². The van der Waals surface area contributed by atoms with Gasteiger partial charge >= 0.3 is 0 Å². The van der Waals surface area contributed by atoms with Crippen molar-refractivity contribution in [2.24, 2.45) is 5.92 Å². The summed E-state index contributed by atoms with van der Waals surface area (Å²) in [7, 11) is 0. The summed E-state index contributed by atoms with van der Waals surface area (Å²) in [5.74, 6) is -0.270. The Morgan fingerprint density at radius 3 is 2.68 bits per heavy atom. The third-order valence-electron chi connectivity index (χ3n) is 4.77. The number of nitrogens with one attached hydrogen (secondary N) is 1. The summed E-state index contributed by atoms with van der Waals surface area (Å²) >= 11 is 0. The van der Waals surface area contributed by atoms with Crippen LogP contribution in [-0.4, -0.2) is 29.9 Å². The molecule has 2 atom stereocenters. The van der Waals surface area contributed by atoms with Crippen molar-refractivity contribution in [2.75, 3.05) is 18.4 Å². The molecule has 3 nitrogen and oxygen atoms in total. The van der Waals surface area contributed by atoms with Gasteiger partial charge in [0.05, 0.1) is 6.04 Å². The van der Waals surface area contributed by atoms with Gasteiger partial charge in [0.1, 0.15) is 11.6 Å². The number of likely N-dealkylation sites (tertiary alicyclic amines) is 1. The van der Waals surface area contributed by atoms with Gasteiger partial charge in [-0.05, 0) is 68.1 Å². The maximum Gasteiger partial charge on any atom is 0.241 e. The predicted molar refractivity (Wildman–Crippen MR) is 94.3 cm³/mol. The van der Waals surface area contributed by atoms with E-state index in [1.165, 1.54) is 24.3 Å². The molecule has 1 aliphatic rings. The van der Waals surface area contributed by atoms with Gasteiger partial charge in [-0.15, -0.1) is 0 Å². The number of amides is 1. The Morgan fingerprint density at radius 2 is 1.96 bits per heavy atom. The summed E-state index contributed by atoms with van der Waals surface area (Å²) in [5, 5.41) is 2.77. The Labute approximate surface area is 146 Å². The van der Waals surface area contributed by atoms with Crippen LogP contribution in [0.4, 0.5) is 14.5 Å². The van der Waals surface area contributed by atoms with E-state index in [2.05, 4.69) is 10.2 Å². The highest BCUT2D eigenvalue weighted by atomic mass is 19.1. The average molecular weight is 344 g/mol. The molecule has 3 rings (SSSR count). The molecule has 1 fully saturated rings. The van der Waals surface area contributed by atoms with Crippen molar-refractivity contribution in [3.8, 4) is 0 Å². The molecular formula is C20H22F2N2O. The number of rotatable bonds is 5. The summed E-state index contributed by atoms with van der Waals surface area (Å²) < 4.78 is 26.2. The molecule has 2 aromatic rings. The molecule has 0 aromatic heterocycles. The lowest BCUT2D eigenvalue weighted by molar-refractivity contribution is -0.120. The summed E-state index contributed by atoms with van der Waals surface area (Å²) in [6, 6.07) is 12.2. The van der Waals surface area contributed by atoms with Crippen LogP contribution in [0.3, 0.4) is 0 Å². The third-order valence-corrected chi connectivity index (χ3v) is 4.77. The number of benzene rings is 2. The van der Waals surface area contributed by atoms with Crippen LogP contribution in [0.2, 0.25) is 0 Å². The molecule has 0 spiro atoms. The molecule has 2 unspecified atom stereocenters. The fourth-order valence-electron chi connectivity index (χ4n) is 3.31. The van der Waals surface area contributed by atoms with Gasteiger partial charge in [0.25, 0.3) is 0 Å². The smallest absolute Gasteiger partial charge is 0.241 e. The SMILES string of the molecule is CC(C(=O)Nc1cccc(F)c1)N1CCC(Cc2ccc(F)cc2)C1. The van der Waals surface area contributed by atoms with Gasteiger partial charge in [-0.25, -0.2) is 8.78 Å². The summed E-state index contributed by atoms with van der Waals surface area (Å²) in [5.41, 5.74) is 1.59. The van der Waals surface area contributed by atoms with Crippen molar-refractivity contribution in [1.29, 1.82) is 0 Å². The number of hydrogen-bond acceptors (Lipinski definition) is 2. The minimum atomic E-state index is -0.369. The quantitative estimate of drug-likeness (QED) is 0.893. The first-order valence-corrected chi connectivity index (χ1v) is 8.56. The molecule has 1 N–H and O–H groups in total. The van der Waals surface area contributed by atoms with Crippen molar-refractivity contribution in [1.82, 2.24) is 4.90 Å². The first kappa shape index (κ1) is 17.5. The molecule has 132 valence electrons. The summed E-state index contributed by atoms with van der Waals surface area (Å²) in [4.78, 5) is 14.5. The van der Waals surface area contributed by atoms with Crippen LogP contribution >= 0.6 is 0 Å². The first-order valence-electron chi connectivity index (χ1n) is 8.56. The second-order valence-corrected chi connectivity index (χ2v) is 6.66. The van der Waals surface area contributed by atoms with Gasteiger partial charge in [-0.3, -0.25) is 9.69 Å². The number of carbonyl (C=O) groups is 1. The van der Waals surface area contributed by atoms with Gasteiger partial charge in [0.2, 0.25) is 5.91 Å². The fourth-order valence-corrected chi connectivity index (χ4v) is 3.31. The molecular weight excluding hydrogens is 322 g/mol. The van der Waals surface area contributed by atoms with Gasteiger partial charge in [0, 0.05) is 12.2 Å². The zero-order valence-electron chi connectivity index (χ0n) is 14.2. The maximum atomic E-state index is 13.2. The third kappa shape index (κ3) is 4.63. The van der Waals surface area contributed by atoms with Crippen molar-refractivity contribution < 1.29 is 13.6 Å². The molecule has 1 amide bonds. The Bertz CT molecular complexity index is 733. The number of anilines is 1. The molecule has 25 heavy (non-hydrogen) atoms. The number of halogens is 2. The second kappa shape index (κ2) is 7.74. The standard InChI is InChI=1S/C20H22F2N2O/c1-14(20(25)23-19-4-2-3-18(22)12-19)24-10-9-16(13-24)11-15-5-7-17(21)8-6-15/h2-8,12,14,16H,9-11,13H2,1H3,(H,23,25). The van der Waals surface area contributed by atoms with Gasteiger partial charge < -0.3 is 5.32 Å². The zero-order chi connectivity index (χ0) is 17.8. The highest BCUT2D eigenvalue weighted by Gasteiger charge is 2.29. The Hall–Kier alpha value is -2.27. The lowest BCUT2D eigenvalue weighted by atomic mass is 9.99. The van der Waals surface area contributed by atoms with Crippen LogP contribution in [0.5, 0.6) is 0 Å². The lowest BCUT2D eigenvalue weighted by Crippen LogP contribution is -2.40. The molecule has 0 radical (unpaired) electrons. The van der Waals surface area contributed by atoms with Gasteiger partial charge in [-0.2, -0.15) is 0 Å². The van der Waals surface area contributed by atoms with E-state index in [9.17, 15) is 13.6 Å². The molecule has 1 aliphatic heterocycles. The van der Waals surface area contributed by atoms with E-state index in [4.69, 9.17) is 0 Å². The van der Waals surface area contributed by atoms with Gasteiger partial charge in [0.15, 0.2) is 0 Å². The molecule has 5 heteroatoms. The number of carbonyl (C=O) groups excluding carboxylic acids is 1. The van der Waals surface area contributed by atoms with Crippen molar-refractivity contribution in [2.45, 2.75) is 25.8 Å². The monoisotopic (exact) mass is 344 g/mol. The van der Waals surface area contributed by atoms with Crippen LogP contribution in [0.15, 0.2) is 48.5 Å². The van der Waals surface area contributed by atoms with Crippen molar-refractivity contribution in [3.63, 3.8) is 0 Å². The average Bonchev–Trinajstić information content (AvgIpc) is 3.05. The normalized spacial score (nSPS) is 18.9. The van der Waals surface area contributed by atoms with E-state index in [-0.39, 0.29) is 23.6 Å². The highest BCUT2D eigenvalue weighted by Crippen LogP contribution is 2.23. The first-order chi connectivity index (χ1) is 12.0. The van der Waals surface area contributed by atoms with E-state index in [0.717, 1.165) is 31.5 Å². The summed E-state index contributed by atoms with van der Waals surface area (Å²) in [6.07, 6.45) is 1.89. The number of nitrogens with zero attached hydrogens (tertiary/aromatic N) is 1. The molecule has 1 heterocycles. The molecule has 0 aliphatic carbocycles. The Balaban J connectivity index is 1.53. The van der Waals surface area contributed by atoms with E-state index in [0.29, 0.717) is 11.6 Å². The minimum Gasteiger partial charge on any atom is -0.325 e. The maximum absolute atomic E-state index is 13.2. The van der Waals surface area contributed by atoms with Crippen molar-refractivity contribution >= 4 is 11.6 Å². The fraction of sp³-hybridized carbons (Fsp3) is 0.350. The second-order valence-electron chi connectivity index (χ2n) is 6.66. The van der Waals surface area contributed by atoms with E-state index in [1.54, 1.807) is 12.1 Å². The lowest BCUT2D eigenvalue weighted by Gasteiger charge is -2.23.